The average Bonchev–Trinajstić information content (AvgIpc) is 2.44. The van der Waals surface area contributed by atoms with Gasteiger partial charge in [-0.3, -0.25) is 0 Å². The molecule has 0 aliphatic heterocycles. The van der Waals surface area contributed by atoms with Crippen molar-refractivity contribution in [2.75, 3.05) is 13.7 Å². The van der Waals surface area contributed by atoms with Crippen LogP contribution in [0.3, 0.4) is 0 Å². The van der Waals surface area contributed by atoms with Gasteiger partial charge in [0.15, 0.2) is 0 Å². The summed E-state index contributed by atoms with van der Waals surface area (Å²) >= 11 is 6.38. The molecule has 0 heterocycles. The number of hydrogen-bond acceptors (Lipinski definition) is 2. The number of alkyl halides is 1. The molecule has 3 heteroatoms. The molecule has 0 spiro atoms. The summed E-state index contributed by atoms with van der Waals surface area (Å²) in [6, 6.07) is 0.497. The lowest BCUT2D eigenvalue weighted by Gasteiger charge is -2.26. The van der Waals surface area contributed by atoms with Crippen molar-refractivity contribution in [3.8, 4) is 0 Å². The highest BCUT2D eigenvalue weighted by atomic mass is 35.5. The molecule has 0 bridgehead atoms. The highest BCUT2D eigenvalue weighted by Crippen LogP contribution is 2.22. The number of halogens is 1. The zero-order valence-corrected chi connectivity index (χ0v) is 11.6. The maximum absolute atomic E-state index is 6.38. The van der Waals surface area contributed by atoms with E-state index in [4.69, 9.17) is 16.3 Å². The number of methoxy groups -OCH3 is 1. The fourth-order valence-electron chi connectivity index (χ4n) is 2.15. The topological polar surface area (TPSA) is 21.3 Å². The Morgan fingerprint density at radius 3 is 2.62 bits per heavy atom. The fraction of sp³-hybridized carbons (Fsp3) is 1.00. The monoisotopic (exact) mass is 247 g/mol. The van der Waals surface area contributed by atoms with E-state index in [1.54, 1.807) is 7.11 Å². The first-order valence-electron chi connectivity index (χ1n) is 6.48. The molecule has 0 amide bonds. The van der Waals surface area contributed by atoms with E-state index in [1.807, 2.05) is 0 Å². The van der Waals surface area contributed by atoms with Crippen molar-refractivity contribution >= 4 is 11.6 Å². The van der Waals surface area contributed by atoms with Gasteiger partial charge in [0.05, 0.1) is 5.60 Å². The Morgan fingerprint density at radius 2 is 1.94 bits per heavy atom. The summed E-state index contributed by atoms with van der Waals surface area (Å²) in [7, 11) is 1.77. The summed E-state index contributed by atoms with van der Waals surface area (Å²) in [5, 5.41) is 3.90. The lowest BCUT2D eigenvalue weighted by molar-refractivity contribution is 0.0153. The molecule has 0 radical (unpaired) electrons. The zero-order valence-electron chi connectivity index (χ0n) is 10.9. The minimum atomic E-state index is -0.0282. The van der Waals surface area contributed by atoms with Gasteiger partial charge in [-0.25, -0.2) is 0 Å². The van der Waals surface area contributed by atoms with Gasteiger partial charge >= 0.3 is 0 Å². The minimum Gasteiger partial charge on any atom is -0.379 e. The van der Waals surface area contributed by atoms with Crippen molar-refractivity contribution in [2.24, 2.45) is 0 Å². The van der Waals surface area contributed by atoms with Crippen LogP contribution in [0.2, 0.25) is 0 Å². The first-order chi connectivity index (χ1) is 7.55. The van der Waals surface area contributed by atoms with Crippen LogP contribution < -0.4 is 5.32 Å². The number of nitrogens with one attached hydrogen (secondary N) is 1. The lowest BCUT2D eigenvalue weighted by Crippen LogP contribution is -2.39. The number of rotatable bonds is 5. The molecule has 1 saturated carbocycles. The van der Waals surface area contributed by atoms with E-state index < -0.39 is 0 Å². The van der Waals surface area contributed by atoms with Gasteiger partial charge < -0.3 is 10.1 Å². The second-order valence-corrected chi connectivity index (χ2v) is 5.99. The Balaban J connectivity index is 2.25. The van der Waals surface area contributed by atoms with Crippen LogP contribution in [0.25, 0.3) is 0 Å². The van der Waals surface area contributed by atoms with Crippen molar-refractivity contribution < 1.29 is 4.74 Å². The van der Waals surface area contributed by atoms with Crippen molar-refractivity contribution in [3.63, 3.8) is 0 Å². The molecule has 1 N–H and O–H groups in total. The molecular formula is C13H26ClNO. The first kappa shape index (κ1) is 14.3. The molecule has 1 fully saturated rings. The standard InChI is InChI=1S/C13H26ClNO/c1-13(2,16-3)9-10-15-12-8-6-4-5-7-11(12)14/h11-12,15H,4-10H2,1-3H3. The SMILES string of the molecule is COC(C)(C)CCNC1CCCCCC1Cl. The molecule has 0 aromatic carbocycles. The van der Waals surface area contributed by atoms with Crippen LogP contribution in [0.4, 0.5) is 0 Å². The molecule has 2 atom stereocenters. The molecular weight excluding hydrogens is 222 g/mol. The van der Waals surface area contributed by atoms with E-state index >= 15 is 0 Å². The number of hydrogen-bond donors (Lipinski definition) is 1. The molecule has 1 rings (SSSR count). The lowest BCUT2D eigenvalue weighted by atomic mass is 10.0. The third-order valence-corrected chi connectivity index (χ3v) is 4.14. The average molecular weight is 248 g/mol. The van der Waals surface area contributed by atoms with Gasteiger partial charge in [-0.15, -0.1) is 11.6 Å². The third-order valence-electron chi connectivity index (χ3n) is 3.62. The minimum absolute atomic E-state index is 0.0282. The maximum Gasteiger partial charge on any atom is 0.0634 e. The van der Waals surface area contributed by atoms with Crippen LogP contribution in [0, 0.1) is 0 Å². The largest absolute Gasteiger partial charge is 0.379 e. The molecule has 16 heavy (non-hydrogen) atoms. The summed E-state index contributed by atoms with van der Waals surface area (Å²) in [5.74, 6) is 0. The van der Waals surface area contributed by atoms with Crippen LogP contribution in [0.5, 0.6) is 0 Å². The summed E-state index contributed by atoms with van der Waals surface area (Å²) in [6.07, 6.45) is 7.35. The second-order valence-electron chi connectivity index (χ2n) is 5.43. The Kier molecular flexibility index (Phi) is 6.09. The highest BCUT2D eigenvalue weighted by molar-refractivity contribution is 6.21. The summed E-state index contributed by atoms with van der Waals surface area (Å²) in [4.78, 5) is 0. The predicted octanol–water partition coefficient (Wildman–Crippen LogP) is 3.33. The molecule has 2 nitrogen and oxygen atoms in total. The van der Waals surface area contributed by atoms with Crippen LogP contribution in [0.1, 0.15) is 52.4 Å². The van der Waals surface area contributed by atoms with Gasteiger partial charge in [0.25, 0.3) is 0 Å². The van der Waals surface area contributed by atoms with Gasteiger partial charge in [0.1, 0.15) is 0 Å². The molecule has 1 aliphatic rings. The molecule has 2 unspecified atom stereocenters. The highest BCUT2D eigenvalue weighted by Gasteiger charge is 2.22. The third kappa shape index (κ3) is 5.03. The van der Waals surface area contributed by atoms with Crippen molar-refractivity contribution in [1.82, 2.24) is 5.32 Å². The quantitative estimate of drug-likeness (QED) is 0.595. The molecule has 0 aromatic heterocycles. The van der Waals surface area contributed by atoms with Gasteiger partial charge in [0.2, 0.25) is 0 Å². The summed E-state index contributed by atoms with van der Waals surface area (Å²) < 4.78 is 5.41. The van der Waals surface area contributed by atoms with Gasteiger partial charge in [-0.05, 0) is 39.7 Å². The van der Waals surface area contributed by atoms with Gasteiger partial charge in [0, 0.05) is 18.5 Å². The summed E-state index contributed by atoms with van der Waals surface area (Å²) in [6.45, 7) is 5.24. The normalized spacial score (nSPS) is 27.8. The second kappa shape index (κ2) is 6.83. The summed E-state index contributed by atoms with van der Waals surface area (Å²) in [5.41, 5.74) is -0.0282. The smallest absolute Gasteiger partial charge is 0.0634 e. The molecule has 0 saturated heterocycles. The Morgan fingerprint density at radius 1 is 1.25 bits per heavy atom. The van der Waals surface area contributed by atoms with Crippen LogP contribution in [0.15, 0.2) is 0 Å². The fourth-order valence-corrected chi connectivity index (χ4v) is 2.52. The van der Waals surface area contributed by atoms with E-state index in [2.05, 4.69) is 19.2 Å². The van der Waals surface area contributed by atoms with Crippen LogP contribution >= 0.6 is 11.6 Å². The molecule has 1 aliphatic carbocycles. The number of ether oxygens (including phenoxy) is 1. The van der Waals surface area contributed by atoms with E-state index in [0.29, 0.717) is 11.4 Å². The predicted molar refractivity (Wildman–Crippen MR) is 70.2 cm³/mol. The first-order valence-corrected chi connectivity index (χ1v) is 6.91. The van der Waals surface area contributed by atoms with E-state index in [0.717, 1.165) is 19.4 Å². The molecule has 0 aromatic rings. The van der Waals surface area contributed by atoms with Crippen molar-refractivity contribution in [3.05, 3.63) is 0 Å². The Labute approximate surface area is 105 Å². The van der Waals surface area contributed by atoms with E-state index in [9.17, 15) is 0 Å². The molecule has 96 valence electrons. The maximum atomic E-state index is 6.38. The van der Waals surface area contributed by atoms with E-state index in [1.165, 1.54) is 25.7 Å². The van der Waals surface area contributed by atoms with Gasteiger partial charge in [-0.1, -0.05) is 19.3 Å². The van der Waals surface area contributed by atoms with Crippen LogP contribution in [-0.2, 0) is 4.74 Å². The van der Waals surface area contributed by atoms with E-state index in [-0.39, 0.29) is 5.60 Å². The van der Waals surface area contributed by atoms with Crippen molar-refractivity contribution in [1.29, 1.82) is 0 Å². The Hall–Kier alpha value is 0.210. The van der Waals surface area contributed by atoms with Crippen LogP contribution in [-0.4, -0.2) is 30.7 Å². The Bertz CT molecular complexity index is 196. The van der Waals surface area contributed by atoms with Gasteiger partial charge in [-0.2, -0.15) is 0 Å². The van der Waals surface area contributed by atoms with Crippen molar-refractivity contribution in [2.45, 2.75) is 69.4 Å². The zero-order chi connectivity index (χ0) is 12.0.